The predicted molar refractivity (Wildman–Crippen MR) is 132 cm³/mol. The topological polar surface area (TPSA) is 80.8 Å². The predicted octanol–water partition coefficient (Wildman–Crippen LogP) is 4.87. The number of anilines is 2. The maximum absolute atomic E-state index is 14.1. The molecule has 0 radical (unpaired) electrons. The lowest BCUT2D eigenvalue weighted by atomic mass is 10.1. The quantitative estimate of drug-likeness (QED) is 0.414. The Labute approximate surface area is 204 Å². The van der Waals surface area contributed by atoms with Gasteiger partial charge in [-0.05, 0) is 48.9 Å². The molecule has 0 saturated carbocycles. The van der Waals surface area contributed by atoms with Gasteiger partial charge >= 0.3 is 0 Å². The van der Waals surface area contributed by atoms with Gasteiger partial charge in [-0.1, -0.05) is 12.1 Å². The largest absolute Gasteiger partial charge is 0.486 e. The molecule has 176 valence electrons. The van der Waals surface area contributed by atoms with Gasteiger partial charge in [-0.25, -0.2) is 9.37 Å². The van der Waals surface area contributed by atoms with Gasteiger partial charge in [0.1, 0.15) is 30.0 Å². The molecule has 0 spiro atoms. The lowest BCUT2D eigenvalue weighted by molar-refractivity contribution is -0.129. The standard InChI is InChI=1S/C26H20FN3O4S/c27-15-5-7-19(18(13-15)25-29-20-3-1-2-4-23(20)35-25)28-24(31)17-9-10-30(26(17)32)16-6-8-21-22(14-16)34-12-11-33-21/h1-8,13-14,17H,9-12H2,(H,28,31). The van der Waals surface area contributed by atoms with Crippen molar-refractivity contribution in [3.63, 3.8) is 0 Å². The number of rotatable bonds is 4. The van der Waals surface area contributed by atoms with Crippen molar-refractivity contribution in [2.45, 2.75) is 6.42 Å². The average Bonchev–Trinajstić information content (AvgIpc) is 3.48. The smallest absolute Gasteiger partial charge is 0.239 e. The van der Waals surface area contributed by atoms with Gasteiger partial charge in [-0.2, -0.15) is 0 Å². The van der Waals surface area contributed by atoms with Crippen LogP contribution in [0.4, 0.5) is 15.8 Å². The van der Waals surface area contributed by atoms with Gasteiger partial charge in [-0.15, -0.1) is 11.3 Å². The highest BCUT2D eigenvalue weighted by Crippen LogP contribution is 2.38. The van der Waals surface area contributed by atoms with Crippen molar-refractivity contribution in [2.75, 3.05) is 30.0 Å². The number of ether oxygens (including phenoxy) is 2. The van der Waals surface area contributed by atoms with Crippen LogP contribution in [-0.2, 0) is 9.59 Å². The van der Waals surface area contributed by atoms with Gasteiger partial charge < -0.3 is 19.7 Å². The third kappa shape index (κ3) is 3.97. The van der Waals surface area contributed by atoms with Crippen LogP contribution in [0.25, 0.3) is 20.8 Å². The summed E-state index contributed by atoms with van der Waals surface area (Å²) in [7, 11) is 0. The van der Waals surface area contributed by atoms with Gasteiger partial charge in [0.2, 0.25) is 11.8 Å². The van der Waals surface area contributed by atoms with Crippen LogP contribution < -0.4 is 19.7 Å². The Kier molecular flexibility index (Phi) is 5.33. The van der Waals surface area contributed by atoms with E-state index >= 15 is 0 Å². The zero-order valence-electron chi connectivity index (χ0n) is 18.5. The fraction of sp³-hybridized carbons (Fsp3) is 0.192. The van der Waals surface area contributed by atoms with Crippen LogP contribution >= 0.6 is 11.3 Å². The molecule has 2 aliphatic rings. The maximum atomic E-state index is 14.1. The molecule has 1 fully saturated rings. The summed E-state index contributed by atoms with van der Waals surface area (Å²) in [5.41, 5.74) is 2.36. The van der Waals surface area contributed by atoms with E-state index in [1.54, 1.807) is 23.1 Å². The third-order valence-electron chi connectivity index (χ3n) is 6.12. The average molecular weight is 490 g/mol. The van der Waals surface area contributed by atoms with Crippen molar-refractivity contribution >= 4 is 44.7 Å². The summed E-state index contributed by atoms with van der Waals surface area (Å²) in [6.45, 7) is 1.34. The number of nitrogens with zero attached hydrogens (tertiary/aromatic N) is 2. The normalized spacial score (nSPS) is 17.1. The van der Waals surface area contributed by atoms with E-state index in [0.29, 0.717) is 59.6 Å². The Balaban J connectivity index is 1.24. The lowest BCUT2D eigenvalue weighted by Crippen LogP contribution is -2.33. The molecule has 1 unspecified atom stereocenters. The van der Waals surface area contributed by atoms with Crippen LogP contribution in [0.5, 0.6) is 11.5 Å². The van der Waals surface area contributed by atoms with Crippen molar-refractivity contribution in [3.05, 3.63) is 66.5 Å². The number of carbonyl (C=O) groups excluding carboxylic acids is 2. The van der Waals surface area contributed by atoms with E-state index in [1.165, 1.54) is 29.5 Å². The lowest BCUT2D eigenvalue weighted by Gasteiger charge is -2.22. The minimum atomic E-state index is -0.850. The summed E-state index contributed by atoms with van der Waals surface area (Å²) in [4.78, 5) is 32.5. The number of benzene rings is 3. The number of halogens is 1. The number of hydrogen-bond acceptors (Lipinski definition) is 6. The van der Waals surface area contributed by atoms with Crippen molar-refractivity contribution in [1.82, 2.24) is 4.98 Å². The van der Waals surface area contributed by atoms with Gasteiger partial charge in [0.05, 0.1) is 15.9 Å². The molecule has 0 bridgehead atoms. The number of hydrogen-bond donors (Lipinski definition) is 1. The summed E-state index contributed by atoms with van der Waals surface area (Å²) >= 11 is 1.42. The van der Waals surface area contributed by atoms with E-state index in [0.717, 1.165) is 10.2 Å². The van der Waals surface area contributed by atoms with Crippen molar-refractivity contribution in [1.29, 1.82) is 0 Å². The number of fused-ring (bicyclic) bond motifs is 2. The molecule has 1 aromatic heterocycles. The highest BCUT2D eigenvalue weighted by atomic mass is 32.1. The summed E-state index contributed by atoms with van der Waals surface area (Å²) in [5, 5.41) is 3.44. The second kappa shape index (κ2) is 8.66. The SMILES string of the molecule is O=C(Nc1ccc(F)cc1-c1nc2ccccc2s1)C1CCN(c2ccc3c(c2)OCCO3)C1=O. The van der Waals surface area contributed by atoms with Gasteiger partial charge in [0.15, 0.2) is 11.5 Å². The Morgan fingerprint density at radius 2 is 1.89 bits per heavy atom. The maximum Gasteiger partial charge on any atom is 0.239 e. The number of amides is 2. The first-order valence-corrected chi connectivity index (χ1v) is 12.1. The zero-order chi connectivity index (χ0) is 23.9. The van der Waals surface area contributed by atoms with Crippen LogP contribution in [0.3, 0.4) is 0 Å². The number of nitrogens with one attached hydrogen (secondary N) is 1. The highest BCUT2D eigenvalue weighted by Gasteiger charge is 2.38. The molecule has 2 aliphatic heterocycles. The first-order chi connectivity index (χ1) is 17.1. The van der Waals surface area contributed by atoms with E-state index in [9.17, 15) is 14.0 Å². The fourth-order valence-electron chi connectivity index (χ4n) is 4.39. The minimum Gasteiger partial charge on any atom is -0.486 e. The van der Waals surface area contributed by atoms with Crippen LogP contribution in [0.15, 0.2) is 60.7 Å². The molecule has 35 heavy (non-hydrogen) atoms. The summed E-state index contributed by atoms with van der Waals surface area (Å²) in [6.07, 6.45) is 0.372. The molecule has 4 aromatic rings. The third-order valence-corrected chi connectivity index (χ3v) is 7.19. The van der Waals surface area contributed by atoms with Crippen LogP contribution in [0.1, 0.15) is 6.42 Å². The number of para-hydroxylation sites is 1. The van der Waals surface area contributed by atoms with Gasteiger partial charge in [-0.3, -0.25) is 9.59 Å². The van der Waals surface area contributed by atoms with E-state index < -0.39 is 17.6 Å². The Morgan fingerprint density at radius 1 is 1.06 bits per heavy atom. The summed E-state index contributed by atoms with van der Waals surface area (Å²) < 4.78 is 26.3. The molecule has 1 N–H and O–H groups in total. The number of thiazole rings is 1. The summed E-state index contributed by atoms with van der Waals surface area (Å²) in [6, 6.07) is 17.1. The second-order valence-electron chi connectivity index (χ2n) is 8.32. The minimum absolute atomic E-state index is 0.289. The molecule has 3 aromatic carbocycles. The Bertz CT molecular complexity index is 1440. The van der Waals surface area contributed by atoms with E-state index in [2.05, 4.69) is 10.3 Å². The molecule has 9 heteroatoms. The van der Waals surface area contributed by atoms with Crippen LogP contribution in [-0.4, -0.2) is 36.6 Å². The zero-order valence-corrected chi connectivity index (χ0v) is 19.3. The fourth-order valence-corrected chi connectivity index (χ4v) is 5.39. The Hall–Kier alpha value is -3.98. The molecule has 2 amide bonds. The molecule has 0 aliphatic carbocycles. The van der Waals surface area contributed by atoms with E-state index in [1.807, 2.05) is 24.3 Å². The molecule has 1 atom stereocenters. The van der Waals surface area contributed by atoms with Gasteiger partial charge in [0, 0.05) is 23.9 Å². The van der Waals surface area contributed by atoms with Crippen LogP contribution in [0.2, 0.25) is 0 Å². The number of aromatic nitrogens is 1. The first kappa shape index (κ1) is 21.5. The Morgan fingerprint density at radius 3 is 2.74 bits per heavy atom. The molecule has 1 saturated heterocycles. The molecule has 3 heterocycles. The molecular weight excluding hydrogens is 469 g/mol. The molecule has 7 nitrogen and oxygen atoms in total. The van der Waals surface area contributed by atoms with Crippen molar-refractivity contribution < 1.29 is 23.5 Å². The van der Waals surface area contributed by atoms with E-state index in [-0.39, 0.29) is 5.91 Å². The monoisotopic (exact) mass is 489 g/mol. The molecule has 6 rings (SSSR count). The number of carbonyl (C=O) groups is 2. The van der Waals surface area contributed by atoms with Crippen molar-refractivity contribution in [2.24, 2.45) is 5.92 Å². The highest BCUT2D eigenvalue weighted by molar-refractivity contribution is 7.21. The molecular formula is C26H20FN3O4S. The van der Waals surface area contributed by atoms with Crippen molar-refractivity contribution in [3.8, 4) is 22.1 Å². The summed E-state index contributed by atoms with van der Waals surface area (Å²) in [5.74, 6) is -0.775. The van der Waals surface area contributed by atoms with Gasteiger partial charge in [0.25, 0.3) is 0 Å². The van der Waals surface area contributed by atoms with Crippen LogP contribution in [0, 0.1) is 11.7 Å². The second-order valence-corrected chi connectivity index (χ2v) is 9.36. The first-order valence-electron chi connectivity index (χ1n) is 11.2. The van der Waals surface area contributed by atoms with E-state index in [4.69, 9.17) is 9.47 Å².